The van der Waals surface area contributed by atoms with Gasteiger partial charge in [-0.3, -0.25) is 4.79 Å². The van der Waals surface area contributed by atoms with E-state index in [1.54, 1.807) is 0 Å². The minimum Gasteiger partial charge on any atom is -0.471 e. The monoisotopic (exact) mass is 340 g/mol. The second-order valence-corrected chi connectivity index (χ2v) is 10.6. The Balaban J connectivity index is 5.28. The van der Waals surface area contributed by atoms with Gasteiger partial charge in [0.25, 0.3) is 5.97 Å². The number of carbonyl (C=O) groups excluding carboxylic acids is 1. The van der Waals surface area contributed by atoms with Gasteiger partial charge < -0.3 is 4.74 Å². The first-order valence-corrected chi connectivity index (χ1v) is 12.0. The molecule has 0 saturated carbocycles. The van der Waals surface area contributed by atoms with Crippen molar-refractivity contribution < 1.29 is 9.53 Å². The van der Waals surface area contributed by atoms with Crippen LogP contribution in [0.15, 0.2) is 12.2 Å². The maximum absolute atomic E-state index is 12.2. The highest BCUT2D eigenvalue weighted by Gasteiger charge is 2.28. The van der Waals surface area contributed by atoms with Crippen molar-refractivity contribution in [2.24, 2.45) is 0 Å². The molecular weight excluding hydrogens is 302 g/mol. The summed E-state index contributed by atoms with van der Waals surface area (Å²) in [6.07, 6.45) is 16.6. The highest BCUT2D eigenvalue weighted by Crippen LogP contribution is 2.61. The molecule has 23 heavy (non-hydrogen) atoms. The molecular formula is C19H38BO2P. The zero-order valence-electron chi connectivity index (χ0n) is 16.1. The fraction of sp³-hybridized carbons (Fsp3) is 0.842. The lowest BCUT2D eigenvalue weighted by atomic mass is 9.85. The third-order valence-electron chi connectivity index (χ3n) is 4.40. The van der Waals surface area contributed by atoms with E-state index in [0.717, 1.165) is 6.42 Å². The van der Waals surface area contributed by atoms with Gasteiger partial charge in [-0.2, -0.15) is 0 Å². The number of methoxy groups -OCH3 is 1. The molecule has 4 heteroatoms. The molecule has 0 amide bonds. The molecule has 0 N–H and O–H groups in total. The van der Waals surface area contributed by atoms with Crippen LogP contribution in [0.25, 0.3) is 0 Å². The molecule has 2 radical (unpaired) electrons. The lowest BCUT2D eigenvalue weighted by Crippen LogP contribution is -2.23. The molecule has 0 aromatic rings. The molecule has 0 rings (SSSR count). The van der Waals surface area contributed by atoms with E-state index >= 15 is 0 Å². The van der Waals surface area contributed by atoms with Crippen molar-refractivity contribution in [3.63, 3.8) is 0 Å². The van der Waals surface area contributed by atoms with Crippen LogP contribution in [0.1, 0.15) is 72.6 Å². The van der Waals surface area contributed by atoms with E-state index in [-0.39, 0.29) is 11.8 Å². The maximum Gasteiger partial charge on any atom is 0.274 e. The van der Waals surface area contributed by atoms with E-state index in [1.165, 1.54) is 64.1 Å². The van der Waals surface area contributed by atoms with E-state index in [2.05, 4.69) is 46.8 Å². The van der Waals surface area contributed by atoms with Crippen molar-refractivity contribution in [2.75, 3.05) is 25.6 Å². The van der Waals surface area contributed by atoms with E-state index in [1.807, 2.05) is 0 Å². The summed E-state index contributed by atoms with van der Waals surface area (Å²) in [7, 11) is 0.321. The average molecular weight is 340 g/mol. The SMILES string of the molecule is CC/C=C/C([B-][P+](CCCC)(CCCC)CCCC)C(=O)OC. The smallest absolute Gasteiger partial charge is 0.274 e. The summed E-state index contributed by atoms with van der Waals surface area (Å²) in [6, 6.07) is 0. The van der Waals surface area contributed by atoms with E-state index in [4.69, 9.17) is 4.74 Å². The molecule has 134 valence electrons. The summed E-state index contributed by atoms with van der Waals surface area (Å²) in [5.41, 5.74) is 0. The van der Waals surface area contributed by atoms with Crippen LogP contribution in [0.3, 0.4) is 0 Å². The number of rotatable bonds is 14. The zero-order chi connectivity index (χ0) is 17.6. The Labute approximate surface area is 146 Å². The molecule has 0 aliphatic rings. The van der Waals surface area contributed by atoms with E-state index in [9.17, 15) is 4.79 Å². The fourth-order valence-electron chi connectivity index (χ4n) is 2.93. The number of esters is 1. The molecule has 0 fully saturated rings. The number of unbranched alkanes of at least 4 members (excludes halogenated alkanes) is 3. The zero-order valence-corrected chi connectivity index (χ0v) is 17.0. The van der Waals surface area contributed by atoms with Crippen molar-refractivity contribution in [3.8, 4) is 0 Å². The summed E-state index contributed by atoms with van der Waals surface area (Å²) in [5.74, 6) is -0.248. The summed E-state index contributed by atoms with van der Waals surface area (Å²) in [6.45, 7) is 11.3. The van der Waals surface area contributed by atoms with Crippen LogP contribution in [0.4, 0.5) is 0 Å². The van der Waals surface area contributed by atoms with Crippen LogP contribution in [0.5, 0.6) is 0 Å². The first-order chi connectivity index (χ1) is 11.1. The van der Waals surface area contributed by atoms with Gasteiger partial charge in [0.2, 0.25) is 0 Å². The largest absolute Gasteiger partial charge is 0.471 e. The molecule has 0 aliphatic carbocycles. The standard InChI is InChI=1S/C19H38BO2P/c1-6-10-14-18(19(21)22-5)20-23(15-11-7-2,16-12-8-3)17-13-9-4/h10,14,18H,6-9,11-13,15-17H2,1-5H3/b14-10+. The lowest BCUT2D eigenvalue weighted by molar-refractivity contribution is -0.139. The van der Waals surface area contributed by atoms with Gasteiger partial charge in [0.1, 0.15) is 0 Å². The van der Waals surface area contributed by atoms with Crippen molar-refractivity contribution in [2.45, 2.75) is 78.5 Å². The maximum atomic E-state index is 12.2. The fourth-order valence-corrected chi connectivity index (χ4v) is 7.79. The second-order valence-electron chi connectivity index (χ2n) is 6.48. The predicted molar refractivity (Wildman–Crippen MR) is 107 cm³/mol. The van der Waals surface area contributed by atoms with Gasteiger partial charge in [-0.05, 0) is 25.7 Å². The van der Waals surface area contributed by atoms with Crippen LogP contribution in [0.2, 0.25) is 5.82 Å². The van der Waals surface area contributed by atoms with Crippen molar-refractivity contribution in [1.29, 1.82) is 0 Å². The normalized spacial score (nSPS) is 13.4. The highest BCUT2D eigenvalue weighted by atomic mass is 31.2. The van der Waals surface area contributed by atoms with Crippen molar-refractivity contribution in [1.82, 2.24) is 0 Å². The number of hydrogen-bond donors (Lipinski definition) is 0. The molecule has 0 aromatic heterocycles. The Morgan fingerprint density at radius 3 is 1.83 bits per heavy atom. The van der Waals surface area contributed by atoms with Crippen LogP contribution < -0.4 is 0 Å². The van der Waals surface area contributed by atoms with Crippen LogP contribution in [-0.4, -0.2) is 38.6 Å². The van der Waals surface area contributed by atoms with Crippen LogP contribution in [-0.2, 0) is 9.53 Å². The molecule has 0 saturated heterocycles. The van der Waals surface area contributed by atoms with Gasteiger partial charge in [0.15, 0.2) is 0 Å². The quantitative estimate of drug-likeness (QED) is 0.169. The van der Waals surface area contributed by atoms with Crippen molar-refractivity contribution in [3.05, 3.63) is 12.2 Å². The van der Waals surface area contributed by atoms with Crippen LogP contribution in [0, 0.1) is 0 Å². The number of carbonyl (C=O) groups is 1. The third kappa shape index (κ3) is 9.55. The second kappa shape index (κ2) is 14.1. The first-order valence-electron chi connectivity index (χ1n) is 9.55. The molecule has 0 heterocycles. The molecule has 2 nitrogen and oxygen atoms in total. The van der Waals surface area contributed by atoms with Gasteiger partial charge in [-0.25, -0.2) is 7.14 Å². The summed E-state index contributed by atoms with van der Waals surface area (Å²) in [4.78, 5) is 12.2. The van der Waals surface area contributed by atoms with Gasteiger partial charge >= 0.3 is 0 Å². The average Bonchev–Trinajstić information content (AvgIpc) is 2.58. The Bertz CT molecular complexity index is 310. The molecule has 0 bridgehead atoms. The number of allylic oxidation sites excluding steroid dienone is 1. The van der Waals surface area contributed by atoms with Crippen molar-refractivity contribution >= 4 is 20.1 Å². The summed E-state index contributed by atoms with van der Waals surface area (Å²) in [5, 5.41) is 0. The third-order valence-corrected chi connectivity index (χ3v) is 8.97. The Morgan fingerprint density at radius 1 is 1.00 bits per heavy atom. The molecule has 0 aliphatic heterocycles. The predicted octanol–water partition coefficient (Wildman–Crippen LogP) is 5.95. The number of hydrogen-bond acceptors (Lipinski definition) is 2. The summed E-state index contributed by atoms with van der Waals surface area (Å²) >= 11 is 0. The Kier molecular flexibility index (Phi) is 13.9. The molecule has 0 spiro atoms. The Hall–Kier alpha value is -0.295. The van der Waals surface area contributed by atoms with Gasteiger partial charge in [-0.15, -0.1) is 6.08 Å². The minimum absolute atomic E-state index is 0.0939. The minimum atomic E-state index is -1.19. The van der Waals surface area contributed by atoms with Gasteiger partial charge in [0.05, 0.1) is 7.11 Å². The van der Waals surface area contributed by atoms with Crippen LogP contribution >= 0.6 is 7.14 Å². The molecule has 1 unspecified atom stereocenters. The topological polar surface area (TPSA) is 26.3 Å². The number of ether oxygens (including phenoxy) is 1. The summed E-state index contributed by atoms with van der Waals surface area (Å²) < 4.78 is 5.07. The van der Waals surface area contributed by atoms with Gasteiger partial charge in [0, 0.05) is 18.5 Å². The lowest BCUT2D eigenvalue weighted by Gasteiger charge is -2.42. The first kappa shape index (κ1) is 22.7. The highest BCUT2D eigenvalue weighted by molar-refractivity contribution is 8.00. The van der Waals surface area contributed by atoms with E-state index < -0.39 is 7.14 Å². The van der Waals surface area contributed by atoms with E-state index in [0.29, 0.717) is 0 Å². The van der Waals surface area contributed by atoms with Gasteiger partial charge in [-0.1, -0.05) is 65.8 Å². The molecule has 0 aromatic carbocycles. The molecule has 1 atom stereocenters. The Morgan fingerprint density at radius 2 is 1.48 bits per heavy atom.